The lowest BCUT2D eigenvalue weighted by molar-refractivity contribution is -0.671. The fourth-order valence-electron chi connectivity index (χ4n) is 3.00. The van der Waals surface area contributed by atoms with Gasteiger partial charge in [0.1, 0.15) is 12.4 Å². The molecule has 2 rings (SSSR count). The molecule has 1 aromatic heterocycles. The summed E-state index contributed by atoms with van der Waals surface area (Å²) in [7, 11) is 2.08. The Kier molecular flexibility index (Phi) is 9.25. The molecule has 0 bridgehead atoms. The molecule has 1 fully saturated rings. The maximum absolute atomic E-state index is 3.57. The molecule has 0 atom stereocenters. The highest BCUT2D eigenvalue weighted by atomic mass is 15.1. The van der Waals surface area contributed by atoms with E-state index in [0.717, 1.165) is 52.4 Å². The Morgan fingerprint density at radius 3 is 2.35 bits per heavy atom. The Labute approximate surface area is 141 Å². The van der Waals surface area contributed by atoms with Crippen molar-refractivity contribution in [2.24, 2.45) is 7.05 Å². The van der Waals surface area contributed by atoms with E-state index < -0.39 is 0 Å². The van der Waals surface area contributed by atoms with Crippen molar-refractivity contribution in [3.63, 3.8) is 0 Å². The molecule has 0 aliphatic carbocycles. The second-order valence-electron chi connectivity index (χ2n) is 6.47. The van der Waals surface area contributed by atoms with Crippen LogP contribution >= 0.6 is 0 Å². The summed E-state index contributed by atoms with van der Waals surface area (Å²) in [5, 5.41) is 10.6. The van der Waals surface area contributed by atoms with Crippen LogP contribution in [0.25, 0.3) is 0 Å². The molecule has 0 amide bonds. The third kappa shape index (κ3) is 8.46. The van der Waals surface area contributed by atoms with Crippen LogP contribution in [0.15, 0.2) is 18.7 Å². The summed E-state index contributed by atoms with van der Waals surface area (Å²) < 4.78 is 4.38. The van der Waals surface area contributed by atoms with Gasteiger partial charge in [-0.1, -0.05) is 0 Å². The predicted molar refractivity (Wildman–Crippen MR) is 94.5 cm³/mol. The van der Waals surface area contributed by atoms with Gasteiger partial charge >= 0.3 is 0 Å². The molecule has 6 nitrogen and oxygen atoms in total. The van der Waals surface area contributed by atoms with Gasteiger partial charge in [-0.15, -0.1) is 0 Å². The Hall–Kier alpha value is -0.950. The molecule has 6 heteroatoms. The van der Waals surface area contributed by atoms with Crippen LogP contribution in [0.1, 0.15) is 19.3 Å². The number of nitrogens with zero attached hydrogens (tertiary/aromatic N) is 3. The van der Waals surface area contributed by atoms with Crippen molar-refractivity contribution >= 4 is 0 Å². The van der Waals surface area contributed by atoms with Crippen LogP contribution in [0.2, 0.25) is 0 Å². The average molecular weight is 324 g/mol. The summed E-state index contributed by atoms with van der Waals surface area (Å²) in [5.41, 5.74) is 0. The van der Waals surface area contributed by atoms with E-state index in [2.05, 4.69) is 55.8 Å². The summed E-state index contributed by atoms with van der Waals surface area (Å²) in [5.74, 6) is 0. The maximum Gasteiger partial charge on any atom is 0.243 e. The molecule has 0 aromatic carbocycles. The van der Waals surface area contributed by atoms with E-state index in [9.17, 15) is 0 Å². The molecular formula is C17H35N6+. The van der Waals surface area contributed by atoms with Crippen molar-refractivity contribution < 1.29 is 4.57 Å². The normalized spacial score (nSPS) is 20.2. The van der Waals surface area contributed by atoms with Gasteiger partial charge in [0.15, 0.2) is 0 Å². The van der Waals surface area contributed by atoms with Crippen molar-refractivity contribution in [3.05, 3.63) is 18.7 Å². The van der Waals surface area contributed by atoms with Crippen molar-refractivity contribution in [3.8, 4) is 0 Å². The molecule has 0 unspecified atom stereocenters. The smallest absolute Gasteiger partial charge is 0.243 e. The van der Waals surface area contributed by atoms with Crippen LogP contribution in [0, 0.1) is 0 Å². The molecule has 2 heterocycles. The minimum atomic E-state index is 1.08. The number of hydrogen-bond donors (Lipinski definition) is 3. The van der Waals surface area contributed by atoms with Crippen LogP contribution in [0.5, 0.6) is 0 Å². The highest BCUT2D eigenvalue weighted by Crippen LogP contribution is 1.97. The first-order chi connectivity index (χ1) is 11.3. The van der Waals surface area contributed by atoms with E-state index in [1.54, 1.807) is 0 Å². The molecule has 1 aliphatic heterocycles. The van der Waals surface area contributed by atoms with Gasteiger partial charge in [-0.3, -0.25) is 0 Å². The largest absolute Gasteiger partial charge is 0.315 e. The molecule has 0 radical (unpaired) electrons. The predicted octanol–water partition coefficient (Wildman–Crippen LogP) is -0.433. The molecule has 0 spiro atoms. The maximum atomic E-state index is 3.57. The molecular weight excluding hydrogens is 288 g/mol. The van der Waals surface area contributed by atoms with Gasteiger partial charge in [0.2, 0.25) is 6.33 Å². The first-order valence-corrected chi connectivity index (χ1v) is 9.20. The van der Waals surface area contributed by atoms with E-state index in [-0.39, 0.29) is 0 Å². The van der Waals surface area contributed by atoms with Crippen LogP contribution in [-0.4, -0.2) is 68.4 Å². The highest BCUT2D eigenvalue weighted by Gasteiger charge is 2.07. The van der Waals surface area contributed by atoms with E-state index in [1.807, 2.05) is 0 Å². The minimum absolute atomic E-state index is 1.08. The number of rotatable bonds is 4. The summed E-state index contributed by atoms with van der Waals surface area (Å²) in [6.07, 6.45) is 10.1. The number of nitrogens with one attached hydrogen (secondary N) is 3. The molecule has 1 saturated heterocycles. The molecule has 23 heavy (non-hydrogen) atoms. The second-order valence-corrected chi connectivity index (χ2v) is 6.47. The topological polar surface area (TPSA) is 48.1 Å². The molecule has 3 N–H and O–H groups in total. The Balaban J connectivity index is 1.67. The standard InChI is InChI=1S/C17H35N6/c1-21-15-16-23(17-21)13-4-12-22-11-3-7-19-9-8-18-5-2-6-20-10-14-22/h15-20H,2-14H2,1H3/q+1. The first kappa shape index (κ1) is 18.4. The van der Waals surface area contributed by atoms with Crippen LogP contribution in [0.3, 0.4) is 0 Å². The number of aryl methyl sites for hydroxylation is 2. The lowest BCUT2D eigenvalue weighted by Crippen LogP contribution is -2.37. The van der Waals surface area contributed by atoms with Gasteiger partial charge in [-0.05, 0) is 45.4 Å². The quantitative estimate of drug-likeness (QED) is 0.658. The summed E-state index contributed by atoms with van der Waals surface area (Å²) >= 11 is 0. The third-order valence-electron chi connectivity index (χ3n) is 4.33. The lowest BCUT2D eigenvalue weighted by Gasteiger charge is -2.22. The van der Waals surface area contributed by atoms with Crippen molar-refractivity contribution in [1.29, 1.82) is 0 Å². The second kappa shape index (κ2) is 11.6. The van der Waals surface area contributed by atoms with Gasteiger partial charge in [0.05, 0.1) is 13.6 Å². The van der Waals surface area contributed by atoms with E-state index >= 15 is 0 Å². The summed E-state index contributed by atoms with van der Waals surface area (Å²) in [4.78, 5) is 2.61. The fourth-order valence-corrected chi connectivity index (χ4v) is 3.00. The minimum Gasteiger partial charge on any atom is -0.315 e. The summed E-state index contributed by atoms with van der Waals surface area (Å²) in [6, 6.07) is 0. The zero-order valence-corrected chi connectivity index (χ0v) is 14.8. The van der Waals surface area contributed by atoms with Gasteiger partial charge in [-0.2, -0.15) is 0 Å². The monoisotopic (exact) mass is 323 g/mol. The van der Waals surface area contributed by atoms with E-state index in [1.165, 1.54) is 32.4 Å². The molecule has 1 aromatic rings. The van der Waals surface area contributed by atoms with Crippen molar-refractivity contribution in [1.82, 2.24) is 25.4 Å². The Bertz CT molecular complexity index is 392. The number of aromatic nitrogens is 2. The van der Waals surface area contributed by atoms with Gasteiger partial charge < -0.3 is 20.9 Å². The average Bonchev–Trinajstić information content (AvgIpc) is 2.96. The van der Waals surface area contributed by atoms with Crippen molar-refractivity contribution in [2.75, 3.05) is 58.9 Å². The van der Waals surface area contributed by atoms with Crippen LogP contribution < -0.4 is 20.5 Å². The van der Waals surface area contributed by atoms with Gasteiger partial charge in [-0.25, -0.2) is 9.13 Å². The number of hydrogen-bond acceptors (Lipinski definition) is 4. The third-order valence-corrected chi connectivity index (χ3v) is 4.33. The molecule has 132 valence electrons. The highest BCUT2D eigenvalue weighted by molar-refractivity contribution is 4.68. The molecule has 1 aliphatic rings. The van der Waals surface area contributed by atoms with E-state index in [4.69, 9.17) is 0 Å². The van der Waals surface area contributed by atoms with Crippen LogP contribution in [0.4, 0.5) is 0 Å². The van der Waals surface area contributed by atoms with Crippen molar-refractivity contribution in [2.45, 2.75) is 25.8 Å². The first-order valence-electron chi connectivity index (χ1n) is 9.20. The Morgan fingerprint density at radius 1 is 0.870 bits per heavy atom. The Morgan fingerprint density at radius 2 is 1.61 bits per heavy atom. The SMILES string of the molecule is C[n+]1ccn(CCCN2CCCNCCNCCCNCC2)c1. The van der Waals surface area contributed by atoms with Crippen LogP contribution in [-0.2, 0) is 13.6 Å². The number of imidazole rings is 1. The van der Waals surface area contributed by atoms with Gasteiger partial charge in [0.25, 0.3) is 0 Å². The molecule has 0 saturated carbocycles. The zero-order chi connectivity index (χ0) is 16.2. The zero-order valence-electron chi connectivity index (χ0n) is 14.8. The van der Waals surface area contributed by atoms with Gasteiger partial charge in [0, 0.05) is 32.7 Å². The lowest BCUT2D eigenvalue weighted by atomic mass is 10.3. The summed E-state index contributed by atoms with van der Waals surface area (Å²) in [6.45, 7) is 11.3. The van der Waals surface area contributed by atoms with E-state index in [0.29, 0.717) is 0 Å². The fraction of sp³-hybridized carbons (Fsp3) is 0.824.